The van der Waals surface area contributed by atoms with E-state index in [1.165, 1.54) is 4.90 Å². The number of halogens is 1. The first kappa shape index (κ1) is 22.1. The third-order valence-electron chi connectivity index (χ3n) is 5.35. The third kappa shape index (κ3) is 4.56. The van der Waals surface area contributed by atoms with Crippen molar-refractivity contribution in [3.05, 3.63) is 53.1 Å². The van der Waals surface area contributed by atoms with Gasteiger partial charge in [-0.2, -0.15) is 0 Å². The smallest absolute Gasteiger partial charge is 0.271 e. The second kappa shape index (κ2) is 8.80. The molecule has 0 aliphatic carbocycles. The van der Waals surface area contributed by atoms with Gasteiger partial charge in [-0.3, -0.25) is 19.3 Å². The first-order valence-corrected chi connectivity index (χ1v) is 10.7. The van der Waals surface area contributed by atoms with E-state index in [4.69, 9.17) is 21.1 Å². The first-order chi connectivity index (χ1) is 15.2. The molecule has 0 radical (unpaired) electrons. The summed E-state index contributed by atoms with van der Waals surface area (Å²) < 4.78 is 11.2. The summed E-state index contributed by atoms with van der Waals surface area (Å²) in [6.07, 6.45) is 0. The molecule has 2 heterocycles. The van der Waals surface area contributed by atoms with E-state index in [0.717, 1.165) is 0 Å². The second-order valence-electron chi connectivity index (χ2n) is 8.15. The molecule has 4 rings (SSSR count). The van der Waals surface area contributed by atoms with Gasteiger partial charge in [-0.25, -0.2) is 0 Å². The Morgan fingerprint density at radius 1 is 1.09 bits per heavy atom. The number of hydrogen-bond acceptors (Lipinski definition) is 5. The summed E-state index contributed by atoms with van der Waals surface area (Å²) in [7, 11) is 0. The Kier molecular flexibility index (Phi) is 6.08. The fourth-order valence-electron chi connectivity index (χ4n) is 3.68. The largest absolute Gasteiger partial charge is 0.476 e. The SMILES string of the molecule is CC1(C)Oc2ccc(C(=O)N3CCOCC3)cc2N(CC(=O)Nc2ccc(Cl)cc2)C1=O. The third-order valence-corrected chi connectivity index (χ3v) is 5.60. The molecule has 0 atom stereocenters. The molecular formula is C23H24ClN3O5. The molecule has 168 valence electrons. The molecule has 1 fully saturated rings. The summed E-state index contributed by atoms with van der Waals surface area (Å²) in [5.41, 5.74) is 0.226. The van der Waals surface area contributed by atoms with Crippen LogP contribution in [0.25, 0.3) is 0 Å². The Balaban J connectivity index is 1.60. The predicted molar refractivity (Wildman–Crippen MR) is 120 cm³/mol. The molecule has 2 aliphatic heterocycles. The maximum atomic E-state index is 13.1. The van der Waals surface area contributed by atoms with Crippen molar-refractivity contribution in [2.45, 2.75) is 19.4 Å². The molecule has 0 bridgehead atoms. The van der Waals surface area contributed by atoms with Crippen molar-refractivity contribution in [1.29, 1.82) is 0 Å². The van der Waals surface area contributed by atoms with Crippen molar-refractivity contribution in [2.75, 3.05) is 43.1 Å². The van der Waals surface area contributed by atoms with Gasteiger partial charge in [-0.1, -0.05) is 11.6 Å². The van der Waals surface area contributed by atoms with Crippen molar-refractivity contribution >= 4 is 40.7 Å². The molecule has 2 aromatic carbocycles. The van der Waals surface area contributed by atoms with Crippen LogP contribution < -0.4 is 15.0 Å². The van der Waals surface area contributed by atoms with Gasteiger partial charge in [-0.05, 0) is 56.3 Å². The van der Waals surface area contributed by atoms with Gasteiger partial charge < -0.3 is 19.7 Å². The normalized spacial score (nSPS) is 17.4. The van der Waals surface area contributed by atoms with E-state index < -0.39 is 5.60 Å². The number of rotatable bonds is 4. The Labute approximate surface area is 191 Å². The molecule has 2 aromatic rings. The highest BCUT2D eigenvalue weighted by Gasteiger charge is 2.42. The van der Waals surface area contributed by atoms with Crippen LogP contribution in [-0.2, 0) is 14.3 Å². The lowest BCUT2D eigenvalue weighted by atomic mass is 10.0. The number of fused-ring (bicyclic) bond motifs is 1. The number of carbonyl (C=O) groups excluding carboxylic acids is 3. The van der Waals surface area contributed by atoms with Gasteiger partial charge in [0.2, 0.25) is 5.91 Å². The summed E-state index contributed by atoms with van der Waals surface area (Å²) in [4.78, 5) is 41.8. The van der Waals surface area contributed by atoms with Crippen molar-refractivity contribution in [3.63, 3.8) is 0 Å². The summed E-state index contributed by atoms with van der Waals surface area (Å²) in [5.74, 6) is -0.465. The standard InChI is InChI=1S/C23H24ClN3O5/c1-23(2)22(30)27(14-20(28)25-17-6-4-16(24)5-7-17)18-13-15(3-8-19(18)32-23)21(29)26-9-11-31-12-10-26/h3-8,13H,9-12,14H2,1-2H3,(H,25,28). The molecule has 0 saturated carbocycles. The van der Waals surface area contributed by atoms with Crippen LogP contribution in [0, 0.1) is 0 Å². The van der Waals surface area contributed by atoms with E-state index in [-0.39, 0.29) is 24.3 Å². The van der Waals surface area contributed by atoms with Gasteiger partial charge in [0.05, 0.1) is 18.9 Å². The highest BCUT2D eigenvalue weighted by atomic mass is 35.5. The fourth-order valence-corrected chi connectivity index (χ4v) is 3.81. The molecule has 0 aromatic heterocycles. The van der Waals surface area contributed by atoms with Gasteiger partial charge in [0.15, 0.2) is 5.60 Å². The quantitative estimate of drug-likeness (QED) is 0.762. The van der Waals surface area contributed by atoms with Crippen LogP contribution in [0.2, 0.25) is 5.02 Å². The number of anilines is 2. The zero-order chi connectivity index (χ0) is 22.9. The maximum absolute atomic E-state index is 13.1. The number of amides is 3. The lowest BCUT2D eigenvalue weighted by molar-refractivity contribution is -0.133. The van der Waals surface area contributed by atoms with Crippen LogP contribution in [0.15, 0.2) is 42.5 Å². The summed E-state index contributed by atoms with van der Waals surface area (Å²) in [6.45, 7) is 5.06. The van der Waals surface area contributed by atoms with Crippen molar-refractivity contribution < 1.29 is 23.9 Å². The van der Waals surface area contributed by atoms with Crippen LogP contribution in [-0.4, -0.2) is 61.1 Å². The Morgan fingerprint density at radius 3 is 2.47 bits per heavy atom. The molecule has 9 heteroatoms. The van der Waals surface area contributed by atoms with Crippen LogP contribution in [0.5, 0.6) is 5.75 Å². The molecule has 3 amide bonds. The minimum absolute atomic E-state index is 0.154. The minimum Gasteiger partial charge on any atom is -0.476 e. The fraction of sp³-hybridized carbons (Fsp3) is 0.348. The predicted octanol–water partition coefficient (Wildman–Crippen LogP) is 2.96. The van der Waals surface area contributed by atoms with Gasteiger partial charge >= 0.3 is 0 Å². The van der Waals surface area contributed by atoms with Crippen LogP contribution >= 0.6 is 11.6 Å². The molecular weight excluding hydrogens is 434 g/mol. The average molecular weight is 458 g/mol. The van der Waals surface area contributed by atoms with E-state index in [0.29, 0.717) is 54.0 Å². The molecule has 0 spiro atoms. The molecule has 0 unspecified atom stereocenters. The molecule has 1 N–H and O–H groups in total. The Bertz CT molecular complexity index is 1050. The number of benzene rings is 2. The van der Waals surface area contributed by atoms with Crippen molar-refractivity contribution in [1.82, 2.24) is 4.90 Å². The zero-order valence-corrected chi connectivity index (χ0v) is 18.6. The van der Waals surface area contributed by atoms with Crippen LogP contribution in [0.3, 0.4) is 0 Å². The van der Waals surface area contributed by atoms with Gasteiger partial charge in [0.1, 0.15) is 12.3 Å². The monoisotopic (exact) mass is 457 g/mol. The average Bonchev–Trinajstić information content (AvgIpc) is 2.78. The van der Waals surface area contributed by atoms with E-state index in [9.17, 15) is 14.4 Å². The Morgan fingerprint density at radius 2 is 1.78 bits per heavy atom. The molecule has 8 nitrogen and oxygen atoms in total. The topological polar surface area (TPSA) is 88.2 Å². The highest BCUT2D eigenvalue weighted by Crippen LogP contribution is 2.38. The number of morpholine rings is 1. The molecule has 32 heavy (non-hydrogen) atoms. The van der Waals surface area contributed by atoms with Gasteiger partial charge in [-0.15, -0.1) is 0 Å². The number of nitrogens with one attached hydrogen (secondary N) is 1. The maximum Gasteiger partial charge on any atom is 0.271 e. The van der Waals surface area contributed by atoms with Crippen LogP contribution in [0.4, 0.5) is 11.4 Å². The van der Waals surface area contributed by atoms with E-state index in [1.54, 1.807) is 61.2 Å². The highest BCUT2D eigenvalue weighted by molar-refractivity contribution is 6.30. The zero-order valence-electron chi connectivity index (χ0n) is 17.9. The lowest BCUT2D eigenvalue weighted by Crippen LogP contribution is -2.54. The van der Waals surface area contributed by atoms with Gasteiger partial charge in [0, 0.05) is 29.4 Å². The molecule has 2 aliphatic rings. The lowest BCUT2D eigenvalue weighted by Gasteiger charge is -2.38. The Hall–Kier alpha value is -3.10. The van der Waals surface area contributed by atoms with Crippen LogP contribution in [0.1, 0.15) is 24.2 Å². The summed E-state index contributed by atoms with van der Waals surface area (Å²) in [6, 6.07) is 11.6. The number of nitrogens with zero attached hydrogens (tertiary/aromatic N) is 2. The van der Waals surface area contributed by atoms with E-state index in [2.05, 4.69) is 5.32 Å². The van der Waals surface area contributed by atoms with Crippen molar-refractivity contribution in [2.24, 2.45) is 0 Å². The number of ether oxygens (including phenoxy) is 2. The summed E-state index contributed by atoms with van der Waals surface area (Å²) in [5, 5.41) is 3.32. The number of hydrogen-bond donors (Lipinski definition) is 1. The molecule has 1 saturated heterocycles. The second-order valence-corrected chi connectivity index (χ2v) is 8.58. The summed E-state index contributed by atoms with van der Waals surface area (Å²) >= 11 is 5.89. The van der Waals surface area contributed by atoms with E-state index in [1.807, 2.05) is 0 Å². The van der Waals surface area contributed by atoms with Crippen molar-refractivity contribution in [3.8, 4) is 5.75 Å². The number of carbonyl (C=O) groups is 3. The first-order valence-electron chi connectivity index (χ1n) is 10.3. The van der Waals surface area contributed by atoms with E-state index >= 15 is 0 Å². The minimum atomic E-state index is -1.15. The van der Waals surface area contributed by atoms with Gasteiger partial charge in [0.25, 0.3) is 11.8 Å².